The molecule has 128 valence electrons. The third-order valence-corrected chi connectivity index (χ3v) is 5.39. The first-order chi connectivity index (χ1) is 11.9. The number of anilines is 1. The lowest BCUT2D eigenvalue weighted by atomic mass is 10.2. The zero-order chi connectivity index (χ0) is 18.1. The van der Waals surface area contributed by atoms with Gasteiger partial charge >= 0.3 is 0 Å². The van der Waals surface area contributed by atoms with Crippen molar-refractivity contribution in [3.05, 3.63) is 55.5 Å². The van der Waals surface area contributed by atoms with Crippen molar-refractivity contribution in [1.29, 1.82) is 0 Å². The number of ether oxygens (including phenoxy) is 1. The van der Waals surface area contributed by atoms with Crippen LogP contribution in [0.5, 0.6) is 11.5 Å². The second-order valence-electron chi connectivity index (χ2n) is 5.05. The number of phenolic OH excluding ortho intramolecular Hbond substituents is 1. The molecule has 25 heavy (non-hydrogen) atoms. The third-order valence-electron chi connectivity index (χ3n) is 3.45. The number of carbonyl (C=O) groups is 2. The zero-order valence-corrected chi connectivity index (χ0v) is 16.6. The van der Waals surface area contributed by atoms with Gasteiger partial charge in [0.25, 0.3) is 11.1 Å². The summed E-state index contributed by atoms with van der Waals surface area (Å²) in [6, 6.07) is 9.79. The largest absolute Gasteiger partial charge is 0.504 e. The minimum atomic E-state index is -0.403. The van der Waals surface area contributed by atoms with Crippen molar-refractivity contribution in [1.82, 2.24) is 0 Å². The Morgan fingerprint density at radius 1 is 1.24 bits per heavy atom. The van der Waals surface area contributed by atoms with Gasteiger partial charge in [-0.05, 0) is 82.4 Å². The lowest BCUT2D eigenvalue weighted by Gasteiger charge is -2.12. The number of nitrogens with zero attached hydrogens (tertiary/aromatic N) is 1. The number of phenols is 1. The highest BCUT2D eigenvalue weighted by molar-refractivity contribution is 14.1. The molecule has 0 radical (unpaired) electrons. The minimum Gasteiger partial charge on any atom is -0.504 e. The molecular formula is C17H11ClINO4S. The first-order valence-electron chi connectivity index (χ1n) is 7.00. The van der Waals surface area contributed by atoms with Gasteiger partial charge in [0.05, 0.1) is 21.3 Å². The number of thioether (sulfide) groups is 1. The highest BCUT2D eigenvalue weighted by atomic mass is 127. The van der Waals surface area contributed by atoms with Crippen LogP contribution < -0.4 is 9.64 Å². The van der Waals surface area contributed by atoms with Crippen LogP contribution in [-0.4, -0.2) is 23.4 Å². The van der Waals surface area contributed by atoms with Crippen LogP contribution in [0.2, 0.25) is 5.02 Å². The number of carbonyl (C=O) groups excluding carboxylic acids is 2. The van der Waals surface area contributed by atoms with E-state index in [1.165, 1.54) is 7.11 Å². The maximum absolute atomic E-state index is 12.6. The fourth-order valence-electron chi connectivity index (χ4n) is 2.26. The average Bonchev–Trinajstić information content (AvgIpc) is 2.85. The van der Waals surface area contributed by atoms with Gasteiger partial charge in [0.15, 0.2) is 11.5 Å². The van der Waals surface area contributed by atoms with Gasteiger partial charge in [-0.15, -0.1) is 0 Å². The van der Waals surface area contributed by atoms with E-state index in [-0.39, 0.29) is 11.0 Å². The average molecular weight is 488 g/mol. The second kappa shape index (κ2) is 7.27. The SMILES string of the molecule is COc1cc(/C=C2\SC(=O)N(c3ccc(Cl)cc3)C2=O)cc(I)c1O. The monoisotopic (exact) mass is 487 g/mol. The summed E-state index contributed by atoms with van der Waals surface area (Å²) in [6.07, 6.45) is 1.60. The van der Waals surface area contributed by atoms with Crippen molar-refractivity contribution in [2.45, 2.75) is 0 Å². The summed E-state index contributed by atoms with van der Waals surface area (Å²) >= 11 is 8.67. The summed E-state index contributed by atoms with van der Waals surface area (Å²) in [7, 11) is 1.45. The third kappa shape index (κ3) is 3.63. The molecule has 5 nitrogen and oxygen atoms in total. The summed E-state index contributed by atoms with van der Waals surface area (Å²) in [4.78, 5) is 26.3. The number of aromatic hydroxyl groups is 1. The minimum absolute atomic E-state index is 0.0366. The van der Waals surface area contributed by atoms with Gasteiger partial charge < -0.3 is 9.84 Å². The van der Waals surface area contributed by atoms with Gasteiger partial charge in [-0.3, -0.25) is 9.59 Å². The van der Waals surface area contributed by atoms with Crippen LogP contribution in [-0.2, 0) is 4.79 Å². The first-order valence-corrected chi connectivity index (χ1v) is 9.28. The summed E-state index contributed by atoms with van der Waals surface area (Å²) in [5.41, 5.74) is 1.12. The Kier molecular flexibility index (Phi) is 5.26. The topological polar surface area (TPSA) is 66.8 Å². The molecule has 8 heteroatoms. The van der Waals surface area contributed by atoms with Crippen molar-refractivity contribution in [2.75, 3.05) is 12.0 Å². The standard InChI is InChI=1S/C17H11ClINO4S/c1-24-13-7-9(6-12(19)15(13)21)8-14-16(22)20(17(23)25-14)11-4-2-10(18)3-5-11/h2-8,21H,1H3/b14-8-. The van der Waals surface area contributed by atoms with E-state index in [0.29, 0.717) is 30.5 Å². The fraction of sp³-hybridized carbons (Fsp3) is 0.0588. The summed E-state index contributed by atoms with van der Waals surface area (Å²) in [6.45, 7) is 0. The molecule has 2 aromatic rings. The van der Waals surface area contributed by atoms with E-state index in [1.54, 1.807) is 42.5 Å². The molecule has 3 rings (SSSR count). The number of halogens is 2. The molecule has 1 saturated heterocycles. The predicted octanol–water partition coefficient (Wildman–Crippen LogP) is 4.90. The number of hydrogen-bond acceptors (Lipinski definition) is 5. The molecular weight excluding hydrogens is 477 g/mol. The van der Waals surface area contributed by atoms with Gasteiger partial charge in [-0.25, -0.2) is 4.90 Å². The lowest BCUT2D eigenvalue weighted by molar-refractivity contribution is -0.113. The van der Waals surface area contributed by atoms with E-state index in [0.717, 1.165) is 16.7 Å². The van der Waals surface area contributed by atoms with Gasteiger partial charge in [0.2, 0.25) is 0 Å². The van der Waals surface area contributed by atoms with Gasteiger partial charge in [0, 0.05) is 5.02 Å². The van der Waals surface area contributed by atoms with Crippen LogP contribution in [0.4, 0.5) is 10.5 Å². The van der Waals surface area contributed by atoms with Crippen molar-refractivity contribution in [2.24, 2.45) is 0 Å². The van der Waals surface area contributed by atoms with Crippen LogP contribution in [0.15, 0.2) is 41.3 Å². The maximum Gasteiger partial charge on any atom is 0.298 e. The van der Waals surface area contributed by atoms with Crippen LogP contribution in [0.25, 0.3) is 6.08 Å². The van der Waals surface area contributed by atoms with Crippen molar-refractivity contribution >= 4 is 68.9 Å². The molecule has 1 heterocycles. The Morgan fingerprint density at radius 3 is 2.56 bits per heavy atom. The van der Waals surface area contributed by atoms with Crippen LogP contribution in [0.3, 0.4) is 0 Å². The van der Waals surface area contributed by atoms with E-state index in [9.17, 15) is 14.7 Å². The molecule has 0 aliphatic carbocycles. The molecule has 0 aromatic heterocycles. The normalized spacial score (nSPS) is 16.0. The molecule has 0 unspecified atom stereocenters. The summed E-state index contributed by atoms with van der Waals surface area (Å²) < 4.78 is 5.70. The van der Waals surface area contributed by atoms with E-state index in [4.69, 9.17) is 16.3 Å². The first kappa shape index (κ1) is 18.1. The maximum atomic E-state index is 12.6. The van der Waals surface area contributed by atoms with E-state index < -0.39 is 5.91 Å². The molecule has 0 saturated carbocycles. The molecule has 1 N–H and O–H groups in total. The number of methoxy groups -OCH3 is 1. The zero-order valence-electron chi connectivity index (χ0n) is 12.8. The van der Waals surface area contributed by atoms with Crippen LogP contribution in [0, 0.1) is 3.57 Å². The number of rotatable bonds is 3. The number of benzene rings is 2. The van der Waals surface area contributed by atoms with Crippen molar-refractivity contribution < 1.29 is 19.4 Å². The Bertz CT molecular complexity index is 898. The highest BCUT2D eigenvalue weighted by Gasteiger charge is 2.36. The molecule has 0 spiro atoms. The highest BCUT2D eigenvalue weighted by Crippen LogP contribution is 2.38. The molecule has 1 aliphatic rings. The summed E-state index contributed by atoms with van der Waals surface area (Å²) in [5, 5.41) is 10.0. The Balaban J connectivity index is 1.95. The smallest absolute Gasteiger partial charge is 0.298 e. The van der Waals surface area contributed by atoms with Gasteiger partial charge in [0.1, 0.15) is 0 Å². The quantitative estimate of drug-likeness (QED) is 0.493. The Hall–Kier alpha value is -1.71. The van der Waals surface area contributed by atoms with E-state index in [1.807, 2.05) is 22.6 Å². The number of hydrogen-bond donors (Lipinski definition) is 1. The molecule has 1 fully saturated rings. The van der Waals surface area contributed by atoms with E-state index in [2.05, 4.69) is 0 Å². The van der Waals surface area contributed by atoms with Crippen LogP contribution >= 0.6 is 46.0 Å². The van der Waals surface area contributed by atoms with Gasteiger partial charge in [-0.1, -0.05) is 11.6 Å². The molecule has 0 bridgehead atoms. The van der Waals surface area contributed by atoms with Crippen molar-refractivity contribution in [3.8, 4) is 11.5 Å². The molecule has 2 amide bonds. The number of amides is 2. The number of imide groups is 1. The summed E-state index contributed by atoms with van der Waals surface area (Å²) in [5.74, 6) is -0.0658. The molecule has 1 aliphatic heterocycles. The molecule has 0 atom stereocenters. The van der Waals surface area contributed by atoms with Crippen molar-refractivity contribution in [3.63, 3.8) is 0 Å². The second-order valence-corrected chi connectivity index (χ2v) is 7.64. The fourth-order valence-corrected chi connectivity index (χ4v) is 3.86. The Labute approximate surface area is 166 Å². The lowest BCUT2D eigenvalue weighted by Crippen LogP contribution is -2.27. The van der Waals surface area contributed by atoms with Gasteiger partial charge in [-0.2, -0.15) is 0 Å². The Morgan fingerprint density at radius 2 is 1.92 bits per heavy atom. The molecule has 2 aromatic carbocycles. The van der Waals surface area contributed by atoms with Crippen LogP contribution in [0.1, 0.15) is 5.56 Å². The predicted molar refractivity (Wildman–Crippen MR) is 107 cm³/mol. The van der Waals surface area contributed by atoms with E-state index >= 15 is 0 Å².